The molecule has 0 saturated carbocycles. The third-order valence-electron chi connectivity index (χ3n) is 3.73. The molecule has 1 aromatic carbocycles. The number of halogens is 3. The van der Waals surface area contributed by atoms with Crippen molar-refractivity contribution in [3.63, 3.8) is 0 Å². The Hall–Kier alpha value is -2.56. The minimum atomic E-state index is -4.40. The molecular weight excluding hydrogens is 397 g/mol. The van der Waals surface area contributed by atoms with E-state index in [0.29, 0.717) is 6.42 Å². The van der Waals surface area contributed by atoms with Gasteiger partial charge in [-0.1, -0.05) is 13.0 Å². The van der Waals surface area contributed by atoms with Gasteiger partial charge in [0.25, 0.3) is 5.91 Å². The van der Waals surface area contributed by atoms with Crippen LogP contribution < -0.4 is 4.72 Å². The number of aromatic nitrogens is 2. The van der Waals surface area contributed by atoms with Crippen LogP contribution >= 0.6 is 0 Å². The van der Waals surface area contributed by atoms with Gasteiger partial charge in [0, 0.05) is 30.7 Å². The predicted molar refractivity (Wildman–Crippen MR) is 98.2 cm³/mol. The van der Waals surface area contributed by atoms with E-state index in [4.69, 9.17) is 0 Å². The summed E-state index contributed by atoms with van der Waals surface area (Å²) in [6.07, 6.45) is -1.52. The van der Waals surface area contributed by atoms with Crippen LogP contribution in [-0.2, 0) is 23.1 Å². The van der Waals surface area contributed by atoms with Crippen LogP contribution in [0, 0.1) is 0 Å². The fourth-order valence-electron chi connectivity index (χ4n) is 2.55. The molecule has 0 saturated heterocycles. The van der Waals surface area contributed by atoms with E-state index in [2.05, 4.69) is 9.71 Å². The van der Waals surface area contributed by atoms with Crippen molar-refractivity contribution >= 4 is 21.6 Å². The zero-order chi connectivity index (χ0) is 20.9. The van der Waals surface area contributed by atoms with Crippen LogP contribution in [0.25, 0.3) is 0 Å². The second-order valence-corrected chi connectivity index (χ2v) is 8.09. The lowest BCUT2D eigenvalue weighted by Gasteiger charge is -2.19. The first-order chi connectivity index (χ1) is 13.0. The van der Waals surface area contributed by atoms with Crippen molar-refractivity contribution in [2.45, 2.75) is 32.6 Å². The Kier molecular flexibility index (Phi) is 6.70. The third-order valence-corrected chi connectivity index (χ3v) is 5.22. The number of alkyl halides is 3. The molecule has 28 heavy (non-hydrogen) atoms. The van der Waals surface area contributed by atoms with E-state index >= 15 is 0 Å². The molecule has 2 rings (SSSR count). The fraction of sp³-hybridized carbons (Fsp3) is 0.412. The molecule has 0 aliphatic carbocycles. The van der Waals surface area contributed by atoms with Crippen LogP contribution in [-0.4, -0.2) is 47.8 Å². The molecule has 1 amide bonds. The number of anilines is 1. The lowest BCUT2D eigenvalue weighted by Crippen LogP contribution is -2.29. The van der Waals surface area contributed by atoms with Crippen LogP contribution in [0.1, 0.15) is 29.5 Å². The Morgan fingerprint density at radius 2 is 2.04 bits per heavy atom. The molecule has 0 bridgehead atoms. The average molecular weight is 418 g/mol. The number of amides is 1. The zero-order valence-corrected chi connectivity index (χ0v) is 16.2. The van der Waals surface area contributed by atoms with Crippen LogP contribution in [0.2, 0.25) is 0 Å². The predicted octanol–water partition coefficient (Wildman–Crippen LogP) is 2.87. The van der Waals surface area contributed by atoms with Crippen molar-refractivity contribution in [2.24, 2.45) is 0 Å². The Morgan fingerprint density at radius 1 is 1.32 bits per heavy atom. The molecule has 154 valence electrons. The summed E-state index contributed by atoms with van der Waals surface area (Å²) < 4.78 is 64.9. The lowest BCUT2D eigenvalue weighted by atomic mass is 10.2. The number of benzene rings is 1. The van der Waals surface area contributed by atoms with Gasteiger partial charge in [-0.05, 0) is 24.6 Å². The van der Waals surface area contributed by atoms with Gasteiger partial charge in [-0.2, -0.15) is 13.2 Å². The van der Waals surface area contributed by atoms with Gasteiger partial charge in [-0.25, -0.2) is 13.4 Å². The molecule has 0 unspecified atom stereocenters. The SMILES string of the molecule is CCCS(=O)(=O)Nc1cccc(C(=O)N(C)Cc2nccn2CC(F)(F)F)c1. The number of hydrogen-bond donors (Lipinski definition) is 1. The van der Waals surface area contributed by atoms with Crippen LogP contribution in [0.15, 0.2) is 36.7 Å². The second kappa shape index (κ2) is 8.63. The first-order valence-corrected chi connectivity index (χ1v) is 10.1. The number of nitrogens with one attached hydrogen (secondary N) is 1. The van der Waals surface area contributed by atoms with Gasteiger partial charge >= 0.3 is 6.18 Å². The minimum Gasteiger partial charge on any atom is -0.334 e. The maximum Gasteiger partial charge on any atom is 0.406 e. The Bertz CT molecular complexity index is 926. The van der Waals surface area contributed by atoms with Crippen LogP contribution in [0.5, 0.6) is 0 Å². The molecular formula is C17H21F3N4O3S. The van der Waals surface area contributed by atoms with Gasteiger partial charge in [-0.3, -0.25) is 9.52 Å². The summed E-state index contributed by atoms with van der Waals surface area (Å²) >= 11 is 0. The summed E-state index contributed by atoms with van der Waals surface area (Å²) in [5, 5.41) is 0. The topological polar surface area (TPSA) is 84.3 Å². The Labute approximate surface area is 161 Å². The smallest absolute Gasteiger partial charge is 0.334 e. The average Bonchev–Trinajstić information content (AvgIpc) is 2.98. The summed E-state index contributed by atoms with van der Waals surface area (Å²) in [5.41, 5.74) is 0.444. The Morgan fingerprint density at radius 3 is 2.68 bits per heavy atom. The van der Waals surface area contributed by atoms with E-state index in [1.165, 1.54) is 48.6 Å². The van der Waals surface area contributed by atoms with Crippen molar-refractivity contribution in [3.05, 3.63) is 48.0 Å². The summed E-state index contributed by atoms with van der Waals surface area (Å²) in [6.45, 7) is 0.406. The maximum atomic E-state index is 12.6. The van der Waals surface area contributed by atoms with E-state index in [9.17, 15) is 26.4 Å². The number of carbonyl (C=O) groups excluding carboxylic acids is 1. The molecule has 0 atom stereocenters. The molecule has 11 heteroatoms. The Balaban J connectivity index is 2.12. The van der Waals surface area contributed by atoms with Crippen LogP contribution in [0.4, 0.5) is 18.9 Å². The number of carbonyl (C=O) groups is 1. The quantitative estimate of drug-likeness (QED) is 0.715. The monoisotopic (exact) mass is 418 g/mol. The van der Waals surface area contributed by atoms with Crippen molar-refractivity contribution in [1.29, 1.82) is 0 Å². The maximum absolute atomic E-state index is 12.6. The highest BCUT2D eigenvalue weighted by Crippen LogP contribution is 2.19. The third kappa shape index (κ3) is 6.25. The standard InChI is InChI=1S/C17H21F3N4O3S/c1-3-9-28(26,27)22-14-6-4-5-13(10-14)16(25)23(2)11-15-21-7-8-24(15)12-17(18,19)20/h4-8,10,22H,3,9,11-12H2,1-2H3. The fourth-order valence-corrected chi connectivity index (χ4v) is 3.67. The number of hydrogen-bond acceptors (Lipinski definition) is 4. The molecule has 1 heterocycles. The molecule has 0 aliphatic rings. The van der Waals surface area contributed by atoms with Gasteiger partial charge < -0.3 is 9.47 Å². The lowest BCUT2D eigenvalue weighted by molar-refractivity contribution is -0.141. The molecule has 1 aromatic heterocycles. The minimum absolute atomic E-state index is 0.0487. The van der Waals surface area contributed by atoms with E-state index in [1.807, 2.05) is 0 Å². The molecule has 1 N–H and O–H groups in total. The van der Waals surface area contributed by atoms with Crippen LogP contribution in [0.3, 0.4) is 0 Å². The number of nitrogens with zero attached hydrogens (tertiary/aromatic N) is 3. The summed E-state index contributed by atoms with van der Waals surface area (Å²) in [7, 11) is -2.07. The normalized spacial score (nSPS) is 12.0. The second-order valence-electron chi connectivity index (χ2n) is 6.25. The highest BCUT2D eigenvalue weighted by molar-refractivity contribution is 7.92. The van der Waals surface area contributed by atoms with E-state index in [0.717, 1.165) is 4.57 Å². The molecule has 2 aromatic rings. The van der Waals surface area contributed by atoms with Gasteiger partial charge in [0.2, 0.25) is 10.0 Å². The molecule has 0 spiro atoms. The molecule has 0 fully saturated rings. The van der Waals surface area contributed by atoms with Gasteiger partial charge in [0.1, 0.15) is 12.4 Å². The van der Waals surface area contributed by atoms with Gasteiger partial charge in [0.15, 0.2) is 0 Å². The first-order valence-electron chi connectivity index (χ1n) is 8.43. The molecule has 0 radical (unpaired) electrons. The molecule has 7 nitrogen and oxygen atoms in total. The first kappa shape index (κ1) is 21.7. The van der Waals surface area contributed by atoms with Gasteiger partial charge in [-0.15, -0.1) is 0 Å². The van der Waals surface area contributed by atoms with Gasteiger partial charge in [0.05, 0.1) is 12.3 Å². The highest BCUT2D eigenvalue weighted by atomic mass is 32.2. The summed E-state index contributed by atoms with van der Waals surface area (Å²) in [4.78, 5) is 17.7. The molecule has 0 aliphatic heterocycles. The number of rotatable bonds is 8. The summed E-state index contributed by atoms with van der Waals surface area (Å²) in [5.74, 6) is -0.432. The number of imidazole rings is 1. The van der Waals surface area contributed by atoms with Crippen molar-refractivity contribution in [3.8, 4) is 0 Å². The summed E-state index contributed by atoms with van der Waals surface area (Å²) in [6, 6.07) is 5.92. The van der Waals surface area contributed by atoms with Crippen molar-refractivity contribution in [2.75, 3.05) is 17.5 Å². The largest absolute Gasteiger partial charge is 0.406 e. The zero-order valence-electron chi connectivity index (χ0n) is 15.4. The van der Waals surface area contributed by atoms with E-state index < -0.39 is 28.7 Å². The highest BCUT2D eigenvalue weighted by Gasteiger charge is 2.29. The van der Waals surface area contributed by atoms with Crippen molar-refractivity contribution in [1.82, 2.24) is 14.5 Å². The van der Waals surface area contributed by atoms with E-state index in [-0.39, 0.29) is 29.4 Å². The number of sulfonamides is 1. The van der Waals surface area contributed by atoms with E-state index in [1.54, 1.807) is 6.92 Å². The van der Waals surface area contributed by atoms with Crippen molar-refractivity contribution < 1.29 is 26.4 Å².